The molecule has 1 N–H and O–H groups in total. The van der Waals surface area contributed by atoms with Gasteiger partial charge in [-0.05, 0) is 49.5 Å². The topological polar surface area (TPSA) is 24.5 Å². The number of nitrogens with one attached hydrogen (secondary N) is 1. The monoisotopic (exact) mass is 300 g/mol. The Morgan fingerprint density at radius 2 is 2.05 bits per heavy atom. The number of hydrogen-bond acceptors (Lipinski definition) is 3. The molecule has 0 aliphatic carbocycles. The van der Waals surface area contributed by atoms with E-state index in [9.17, 15) is 0 Å². The van der Waals surface area contributed by atoms with Crippen LogP contribution in [0.3, 0.4) is 0 Å². The molecular weight excluding hydrogens is 272 g/mol. The molecular formula is C19H28N2O. The summed E-state index contributed by atoms with van der Waals surface area (Å²) in [6, 6.07) is 7.47. The highest BCUT2D eigenvalue weighted by Gasteiger charge is 2.41. The SMILES string of the molecule is C[C@H]1CC[C@H](c2ccc3c(c2)OC2(CCN(C)CC2)C3)NC1. The first-order valence-electron chi connectivity index (χ1n) is 8.87. The summed E-state index contributed by atoms with van der Waals surface area (Å²) in [4.78, 5) is 2.41. The Bertz CT molecular complexity index is 540. The standard InChI is InChI=1S/C19H28N2O/c1-14-3-6-17(20-13-14)15-4-5-16-12-19(22-18(16)11-15)7-9-21(2)10-8-19/h4-5,11,14,17,20H,3,6-10,12-13H2,1-2H3/t14-,17+/m0/s1. The predicted octanol–water partition coefficient (Wildman–Crippen LogP) is 3.15. The second-order valence-electron chi connectivity index (χ2n) is 7.78. The average molecular weight is 300 g/mol. The summed E-state index contributed by atoms with van der Waals surface area (Å²) in [5, 5.41) is 3.69. The summed E-state index contributed by atoms with van der Waals surface area (Å²) in [6.45, 7) is 5.78. The Balaban J connectivity index is 1.50. The lowest BCUT2D eigenvalue weighted by Crippen LogP contribution is -2.45. The summed E-state index contributed by atoms with van der Waals surface area (Å²) in [7, 11) is 2.21. The largest absolute Gasteiger partial charge is 0.487 e. The molecule has 2 fully saturated rings. The van der Waals surface area contributed by atoms with Gasteiger partial charge in [-0.1, -0.05) is 19.1 Å². The van der Waals surface area contributed by atoms with Crippen LogP contribution in [0.25, 0.3) is 0 Å². The lowest BCUT2D eigenvalue weighted by atomic mass is 9.87. The fraction of sp³-hybridized carbons (Fsp3) is 0.684. The van der Waals surface area contributed by atoms with Crippen molar-refractivity contribution in [3.8, 4) is 5.75 Å². The molecule has 1 aromatic rings. The van der Waals surface area contributed by atoms with Crippen molar-refractivity contribution in [2.45, 2.75) is 50.7 Å². The highest BCUT2D eigenvalue weighted by atomic mass is 16.5. The predicted molar refractivity (Wildman–Crippen MR) is 89.4 cm³/mol. The van der Waals surface area contributed by atoms with Crippen LogP contribution in [0, 0.1) is 5.92 Å². The van der Waals surface area contributed by atoms with Crippen molar-refractivity contribution in [2.75, 3.05) is 26.7 Å². The minimum atomic E-state index is 0.0853. The van der Waals surface area contributed by atoms with E-state index in [1.807, 2.05) is 0 Å². The van der Waals surface area contributed by atoms with Crippen molar-refractivity contribution < 1.29 is 4.74 Å². The van der Waals surface area contributed by atoms with Gasteiger partial charge in [-0.3, -0.25) is 0 Å². The van der Waals surface area contributed by atoms with Gasteiger partial charge in [0.15, 0.2) is 0 Å². The molecule has 0 radical (unpaired) electrons. The van der Waals surface area contributed by atoms with Crippen LogP contribution in [0.5, 0.6) is 5.75 Å². The fourth-order valence-corrected chi connectivity index (χ4v) is 4.23. The van der Waals surface area contributed by atoms with E-state index in [2.05, 4.69) is 42.4 Å². The van der Waals surface area contributed by atoms with E-state index in [1.165, 1.54) is 24.0 Å². The number of likely N-dealkylation sites (tertiary alicyclic amines) is 1. The molecule has 2 atom stereocenters. The Kier molecular flexibility index (Phi) is 3.66. The summed E-state index contributed by atoms with van der Waals surface area (Å²) in [5.41, 5.74) is 2.91. The fourth-order valence-electron chi connectivity index (χ4n) is 4.23. The van der Waals surface area contributed by atoms with E-state index >= 15 is 0 Å². The third kappa shape index (κ3) is 2.65. The van der Waals surface area contributed by atoms with Crippen LogP contribution in [0.2, 0.25) is 0 Å². The van der Waals surface area contributed by atoms with E-state index < -0.39 is 0 Å². The maximum atomic E-state index is 6.48. The zero-order valence-corrected chi connectivity index (χ0v) is 13.9. The Hall–Kier alpha value is -1.06. The quantitative estimate of drug-likeness (QED) is 0.862. The summed E-state index contributed by atoms with van der Waals surface area (Å²) in [6.07, 6.45) is 5.99. The first-order valence-corrected chi connectivity index (χ1v) is 8.87. The number of benzene rings is 1. The van der Waals surface area contributed by atoms with Crippen LogP contribution < -0.4 is 10.1 Å². The van der Waals surface area contributed by atoms with Crippen molar-refractivity contribution in [3.63, 3.8) is 0 Å². The van der Waals surface area contributed by atoms with E-state index in [0.717, 1.165) is 50.6 Å². The lowest BCUT2D eigenvalue weighted by molar-refractivity contribution is 0.0270. The molecule has 0 saturated carbocycles. The number of nitrogens with zero attached hydrogens (tertiary/aromatic N) is 1. The van der Waals surface area contributed by atoms with Crippen molar-refractivity contribution in [1.29, 1.82) is 0 Å². The molecule has 4 rings (SSSR count). The summed E-state index contributed by atoms with van der Waals surface area (Å²) in [5.74, 6) is 1.96. The lowest BCUT2D eigenvalue weighted by Gasteiger charge is -2.37. The Morgan fingerprint density at radius 1 is 1.23 bits per heavy atom. The van der Waals surface area contributed by atoms with Crippen LogP contribution in [0.15, 0.2) is 18.2 Å². The van der Waals surface area contributed by atoms with Crippen molar-refractivity contribution >= 4 is 0 Å². The van der Waals surface area contributed by atoms with Gasteiger partial charge in [0.25, 0.3) is 0 Å². The van der Waals surface area contributed by atoms with Gasteiger partial charge in [-0.2, -0.15) is 0 Å². The van der Waals surface area contributed by atoms with Gasteiger partial charge in [-0.15, -0.1) is 0 Å². The molecule has 3 aliphatic heterocycles. The van der Waals surface area contributed by atoms with E-state index in [-0.39, 0.29) is 5.60 Å². The maximum Gasteiger partial charge on any atom is 0.123 e. The number of hydrogen-bond donors (Lipinski definition) is 1. The number of rotatable bonds is 1. The van der Waals surface area contributed by atoms with Crippen molar-refractivity contribution in [1.82, 2.24) is 10.2 Å². The van der Waals surface area contributed by atoms with Crippen LogP contribution >= 0.6 is 0 Å². The third-order valence-electron chi connectivity index (χ3n) is 5.89. The summed E-state index contributed by atoms with van der Waals surface area (Å²) >= 11 is 0. The van der Waals surface area contributed by atoms with Crippen LogP contribution in [-0.4, -0.2) is 37.2 Å². The highest BCUT2D eigenvalue weighted by molar-refractivity contribution is 5.43. The molecule has 22 heavy (non-hydrogen) atoms. The molecule has 2 saturated heterocycles. The first-order chi connectivity index (χ1) is 10.6. The Labute approximate surface area is 134 Å². The van der Waals surface area contributed by atoms with Crippen LogP contribution in [-0.2, 0) is 6.42 Å². The van der Waals surface area contributed by atoms with Gasteiger partial charge in [0.1, 0.15) is 11.4 Å². The van der Waals surface area contributed by atoms with Gasteiger partial charge in [0.2, 0.25) is 0 Å². The molecule has 1 aromatic carbocycles. The maximum absolute atomic E-state index is 6.48. The minimum absolute atomic E-state index is 0.0853. The van der Waals surface area contributed by atoms with Crippen LogP contribution in [0.4, 0.5) is 0 Å². The van der Waals surface area contributed by atoms with Crippen molar-refractivity contribution in [3.05, 3.63) is 29.3 Å². The molecule has 120 valence electrons. The number of fused-ring (bicyclic) bond motifs is 1. The average Bonchev–Trinajstić information content (AvgIpc) is 2.88. The number of ether oxygens (including phenoxy) is 1. The van der Waals surface area contributed by atoms with Gasteiger partial charge in [0.05, 0.1) is 0 Å². The van der Waals surface area contributed by atoms with E-state index in [4.69, 9.17) is 4.74 Å². The molecule has 3 heterocycles. The first kappa shape index (κ1) is 14.5. The second kappa shape index (κ2) is 5.54. The molecule has 3 aliphatic rings. The number of piperidine rings is 2. The summed E-state index contributed by atoms with van der Waals surface area (Å²) < 4.78 is 6.48. The molecule has 1 spiro atoms. The minimum Gasteiger partial charge on any atom is -0.487 e. The van der Waals surface area contributed by atoms with Gasteiger partial charge in [0, 0.05) is 38.4 Å². The Morgan fingerprint density at radius 3 is 2.77 bits per heavy atom. The van der Waals surface area contributed by atoms with Crippen molar-refractivity contribution in [2.24, 2.45) is 5.92 Å². The molecule has 0 bridgehead atoms. The zero-order chi connectivity index (χ0) is 15.2. The third-order valence-corrected chi connectivity index (χ3v) is 5.89. The zero-order valence-electron chi connectivity index (χ0n) is 13.9. The molecule has 3 nitrogen and oxygen atoms in total. The van der Waals surface area contributed by atoms with E-state index in [0.29, 0.717) is 6.04 Å². The normalized spacial score (nSPS) is 31.0. The smallest absolute Gasteiger partial charge is 0.123 e. The van der Waals surface area contributed by atoms with Crippen LogP contribution in [0.1, 0.15) is 49.8 Å². The molecule has 0 amide bonds. The highest BCUT2D eigenvalue weighted by Crippen LogP contribution is 2.42. The molecule has 0 aromatic heterocycles. The van der Waals surface area contributed by atoms with Gasteiger partial charge >= 0.3 is 0 Å². The van der Waals surface area contributed by atoms with Gasteiger partial charge in [-0.25, -0.2) is 0 Å². The van der Waals surface area contributed by atoms with E-state index in [1.54, 1.807) is 0 Å². The van der Waals surface area contributed by atoms with Gasteiger partial charge < -0.3 is 15.0 Å². The molecule has 0 unspecified atom stereocenters. The molecule has 3 heteroatoms. The second-order valence-corrected chi connectivity index (χ2v) is 7.78.